The van der Waals surface area contributed by atoms with Crippen molar-refractivity contribution < 1.29 is 9.59 Å². The highest BCUT2D eigenvalue weighted by Crippen LogP contribution is 2.19. The summed E-state index contributed by atoms with van der Waals surface area (Å²) in [6.07, 6.45) is 6.50. The molecule has 2 N–H and O–H groups in total. The molecule has 0 saturated heterocycles. The van der Waals surface area contributed by atoms with E-state index in [1.165, 1.54) is 0 Å². The van der Waals surface area contributed by atoms with E-state index in [1.54, 1.807) is 10.9 Å². The summed E-state index contributed by atoms with van der Waals surface area (Å²) >= 11 is 0. The first-order valence-corrected chi connectivity index (χ1v) is 8.73. The highest BCUT2D eigenvalue weighted by Gasteiger charge is 2.28. The van der Waals surface area contributed by atoms with E-state index in [-0.39, 0.29) is 17.9 Å². The van der Waals surface area contributed by atoms with Gasteiger partial charge in [0.1, 0.15) is 6.04 Å². The summed E-state index contributed by atoms with van der Waals surface area (Å²) < 4.78 is 1.74. The molecule has 0 spiro atoms. The predicted molar refractivity (Wildman–Crippen MR) is 94.8 cm³/mol. The summed E-state index contributed by atoms with van der Waals surface area (Å²) in [4.78, 5) is 24.8. The molecular weight excluding hydrogens is 316 g/mol. The second kappa shape index (κ2) is 7.96. The highest BCUT2D eigenvalue weighted by molar-refractivity contribution is 5.88. The molecule has 1 aliphatic rings. The average molecular weight is 340 g/mol. The second-order valence-electron chi connectivity index (χ2n) is 6.62. The minimum absolute atomic E-state index is 0.102. The maximum atomic E-state index is 12.5. The van der Waals surface area contributed by atoms with Gasteiger partial charge in [-0.3, -0.25) is 14.3 Å². The van der Waals surface area contributed by atoms with E-state index in [4.69, 9.17) is 0 Å². The Morgan fingerprint density at radius 2 is 2.04 bits per heavy atom. The lowest BCUT2D eigenvalue weighted by molar-refractivity contribution is -0.129. The number of hydrogen-bond acceptors (Lipinski definition) is 3. The Labute approximate surface area is 147 Å². The molecule has 2 aromatic rings. The number of nitrogens with one attached hydrogen (secondary N) is 2. The molecule has 1 saturated carbocycles. The first kappa shape index (κ1) is 17.2. The molecule has 0 radical (unpaired) electrons. The number of rotatable bonds is 8. The van der Waals surface area contributed by atoms with E-state index in [1.807, 2.05) is 43.5 Å². The molecule has 1 heterocycles. The average Bonchev–Trinajstić information content (AvgIpc) is 3.32. The fourth-order valence-corrected chi connectivity index (χ4v) is 2.66. The van der Waals surface area contributed by atoms with Gasteiger partial charge in [-0.05, 0) is 30.9 Å². The second-order valence-corrected chi connectivity index (χ2v) is 6.62. The van der Waals surface area contributed by atoms with E-state index in [0.717, 1.165) is 24.0 Å². The summed E-state index contributed by atoms with van der Waals surface area (Å²) in [5.41, 5.74) is 2.09. The van der Waals surface area contributed by atoms with Crippen molar-refractivity contribution in [2.75, 3.05) is 0 Å². The molecule has 1 fully saturated rings. The van der Waals surface area contributed by atoms with Gasteiger partial charge in [-0.15, -0.1) is 0 Å². The van der Waals surface area contributed by atoms with E-state index in [0.29, 0.717) is 19.4 Å². The fourth-order valence-electron chi connectivity index (χ4n) is 2.66. The summed E-state index contributed by atoms with van der Waals surface area (Å²) in [6.45, 7) is 2.46. The molecule has 1 unspecified atom stereocenters. The van der Waals surface area contributed by atoms with Crippen LogP contribution in [-0.4, -0.2) is 33.7 Å². The van der Waals surface area contributed by atoms with Gasteiger partial charge >= 0.3 is 0 Å². The van der Waals surface area contributed by atoms with Gasteiger partial charge in [0.25, 0.3) is 0 Å². The Bertz CT molecular complexity index is 722. The van der Waals surface area contributed by atoms with Crippen LogP contribution >= 0.6 is 0 Å². The van der Waals surface area contributed by atoms with Crippen LogP contribution in [0.3, 0.4) is 0 Å². The number of amides is 2. The molecule has 1 atom stereocenters. The van der Waals surface area contributed by atoms with Gasteiger partial charge in [0.2, 0.25) is 11.8 Å². The number of benzene rings is 1. The molecule has 2 amide bonds. The third kappa shape index (κ3) is 5.45. The van der Waals surface area contributed by atoms with Gasteiger partial charge in [0.05, 0.1) is 6.20 Å². The van der Waals surface area contributed by atoms with Gasteiger partial charge in [0, 0.05) is 31.6 Å². The molecule has 1 aliphatic carbocycles. The van der Waals surface area contributed by atoms with Crippen LogP contribution in [-0.2, 0) is 22.6 Å². The van der Waals surface area contributed by atoms with E-state index < -0.39 is 6.04 Å². The van der Waals surface area contributed by atoms with Gasteiger partial charge in [-0.25, -0.2) is 0 Å². The molecule has 25 heavy (non-hydrogen) atoms. The third-order valence-corrected chi connectivity index (χ3v) is 4.19. The number of carbonyl (C=O) groups excluding carboxylic acids is 2. The summed E-state index contributed by atoms with van der Waals surface area (Å²) in [5.74, 6) is -0.241. The van der Waals surface area contributed by atoms with Crippen molar-refractivity contribution in [1.82, 2.24) is 20.4 Å². The normalized spacial score (nSPS) is 14.8. The Morgan fingerprint density at radius 1 is 1.28 bits per heavy atom. The van der Waals surface area contributed by atoms with Crippen LogP contribution in [0.4, 0.5) is 0 Å². The highest BCUT2D eigenvalue weighted by atomic mass is 16.2. The third-order valence-electron chi connectivity index (χ3n) is 4.19. The van der Waals surface area contributed by atoms with Crippen LogP contribution in [0.1, 0.15) is 30.4 Å². The van der Waals surface area contributed by atoms with Crippen LogP contribution < -0.4 is 10.6 Å². The first-order chi connectivity index (χ1) is 12.1. The number of carbonyl (C=O) groups is 2. The first-order valence-electron chi connectivity index (χ1n) is 8.73. The molecule has 1 aromatic heterocycles. The Morgan fingerprint density at radius 3 is 2.68 bits per heavy atom. The minimum Gasteiger partial charge on any atom is -0.352 e. The van der Waals surface area contributed by atoms with E-state index in [2.05, 4.69) is 15.7 Å². The molecule has 6 nitrogen and oxygen atoms in total. The number of aryl methyl sites for hydroxylation is 2. The van der Waals surface area contributed by atoms with Crippen LogP contribution in [0.5, 0.6) is 0 Å². The lowest BCUT2D eigenvalue weighted by Gasteiger charge is -2.18. The van der Waals surface area contributed by atoms with Gasteiger partial charge in [0.15, 0.2) is 0 Å². The standard InChI is InChI=1S/C19H24N4O2/c1-14-12-20-23(13-14)10-9-18(24)22-17(19(25)21-16-7-8-16)11-15-5-3-2-4-6-15/h2-6,12-13,16-17H,7-11H2,1H3,(H,21,25)(H,22,24). The number of aromatic nitrogens is 2. The maximum absolute atomic E-state index is 12.5. The van der Waals surface area contributed by atoms with Crippen molar-refractivity contribution in [1.29, 1.82) is 0 Å². The van der Waals surface area contributed by atoms with Gasteiger partial charge < -0.3 is 10.6 Å². The number of hydrogen-bond donors (Lipinski definition) is 2. The lowest BCUT2D eigenvalue weighted by atomic mass is 10.0. The fraction of sp³-hybridized carbons (Fsp3) is 0.421. The van der Waals surface area contributed by atoms with Crippen molar-refractivity contribution >= 4 is 11.8 Å². The Hall–Kier alpha value is -2.63. The van der Waals surface area contributed by atoms with Crippen LogP contribution in [0, 0.1) is 6.92 Å². The van der Waals surface area contributed by atoms with E-state index in [9.17, 15) is 9.59 Å². The SMILES string of the molecule is Cc1cnn(CCC(=O)NC(Cc2ccccc2)C(=O)NC2CC2)c1. The molecule has 1 aromatic carbocycles. The van der Waals surface area contributed by atoms with Gasteiger partial charge in [-0.2, -0.15) is 5.10 Å². The molecular formula is C19H24N4O2. The zero-order chi connectivity index (χ0) is 17.6. The van der Waals surface area contributed by atoms with Crippen molar-refractivity contribution in [2.45, 2.75) is 51.2 Å². The smallest absolute Gasteiger partial charge is 0.243 e. The van der Waals surface area contributed by atoms with Crippen LogP contribution in [0.15, 0.2) is 42.7 Å². The molecule has 6 heteroatoms. The molecule has 0 aliphatic heterocycles. The van der Waals surface area contributed by atoms with Crippen LogP contribution in [0.2, 0.25) is 0 Å². The predicted octanol–water partition coefficient (Wildman–Crippen LogP) is 1.59. The zero-order valence-corrected chi connectivity index (χ0v) is 14.4. The molecule has 132 valence electrons. The number of nitrogens with zero attached hydrogens (tertiary/aromatic N) is 2. The Balaban J connectivity index is 1.57. The minimum atomic E-state index is -0.546. The lowest BCUT2D eigenvalue weighted by Crippen LogP contribution is -2.48. The van der Waals surface area contributed by atoms with E-state index >= 15 is 0 Å². The summed E-state index contributed by atoms with van der Waals surface area (Å²) in [5, 5.41) is 10.0. The molecule has 3 rings (SSSR count). The van der Waals surface area contributed by atoms with Crippen molar-refractivity contribution in [3.8, 4) is 0 Å². The zero-order valence-electron chi connectivity index (χ0n) is 14.4. The largest absolute Gasteiger partial charge is 0.352 e. The van der Waals surface area contributed by atoms with Gasteiger partial charge in [-0.1, -0.05) is 30.3 Å². The van der Waals surface area contributed by atoms with Crippen molar-refractivity contribution in [3.63, 3.8) is 0 Å². The topological polar surface area (TPSA) is 76.0 Å². The molecule has 0 bridgehead atoms. The van der Waals surface area contributed by atoms with Crippen molar-refractivity contribution in [3.05, 3.63) is 53.9 Å². The quantitative estimate of drug-likeness (QED) is 0.766. The maximum Gasteiger partial charge on any atom is 0.243 e. The summed E-state index contributed by atoms with van der Waals surface area (Å²) in [6, 6.07) is 9.48. The van der Waals surface area contributed by atoms with Crippen LogP contribution in [0.25, 0.3) is 0 Å². The Kier molecular flexibility index (Phi) is 5.48. The van der Waals surface area contributed by atoms with Crippen molar-refractivity contribution in [2.24, 2.45) is 0 Å². The monoisotopic (exact) mass is 340 g/mol. The summed E-state index contributed by atoms with van der Waals surface area (Å²) in [7, 11) is 0.